The third-order valence-electron chi connectivity index (χ3n) is 2.05. The van der Waals surface area contributed by atoms with Crippen LogP contribution in [-0.2, 0) is 0 Å². The summed E-state index contributed by atoms with van der Waals surface area (Å²) in [5.41, 5.74) is 2.44. The van der Waals surface area contributed by atoms with Crippen molar-refractivity contribution in [2.24, 2.45) is 0 Å². The Kier molecular flexibility index (Phi) is 3.03. The average Bonchev–Trinajstić information content (AvgIpc) is 2.30. The molecule has 2 heteroatoms. The Morgan fingerprint density at radius 2 is 1.29 bits per heavy atom. The van der Waals surface area contributed by atoms with Gasteiger partial charge in [-0.1, -0.05) is 42.5 Å². The molecule has 2 aromatic rings. The molecule has 14 heavy (non-hydrogen) atoms. The number of benzene rings is 2. The highest BCUT2D eigenvalue weighted by Crippen LogP contribution is 2.22. The second-order valence-electron chi connectivity index (χ2n) is 2.97. The number of halogens is 1. The third-order valence-corrected chi connectivity index (χ3v) is 2.56. The van der Waals surface area contributed by atoms with Crippen LogP contribution in [0.2, 0.25) is 0 Å². The standard InChI is InChI=1S/C12H9IO/c13-14-12-8-6-11(7-9-12)10-4-2-1-3-5-10/h1-9H. The second-order valence-corrected chi connectivity index (χ2v) is 3.41. The number of hydrogen-bond acceptors (Lipinski definition) is 1. The lowest BCUT2D eigenvalue weighted by Gasteiger charge is -2.01. The summed E-state index contributed by atoms with van der Waals surface area (Å²) in [7, 11) is 0. The van der Waals surface area contributed by atoms with E-state index in [1.807, 2.05) is 53.3 Å². The molecule has 70 valence electrons. The molecule has 0 fully saturated rings. The van der Waals surface area contributed by atoms with Crippen molar-refractivity contribution in [1.82, 2.24) is 0 Å². The fraction of sp³-hybridized carbons (Fsp3) is 0. The maximum atomic E-state index is 5.08. The van der Waals surface area contributed by atoms with Crippen LogP contribution in [0.5, 0.6) is 5.75 Å². The molecule has 0 amide bonds. The van der Waals surface area contributed by atoms with E-state index in [0.29, 0.717) is 0 Å². The van der Waals surface area contributed by atoms with E-state index in [9.17, 15) is 0 Å². The smallest absolute Gasteiger partial charge is 0.192 e. The number of rotatable bonds is 2. The first-order valence-corrected chi connectivity index (χ1v) is 5.22. The molecule has 0 spiro atoms. The van der Waals surface area contributed by atoms with Crippen LogP contribution in [-0.4, -0.2) is 0 Å². The summed E-state index contributed by atoms with van der Waals surface area (Å²) in [6.07, 6.45) is 0. The van der Waals surface area contributed by atoms with Gasteiger partial charge in [-0.05, 0) is 23.3 Å². The van der Waals surface area contributed by atoms with Gasteiger partial charge in [0.15, 0.2) is 23.0 Å². The molecule has 0 aromatic heterocycles. The van der Waals surface area contributed by atoms with E-state index in [4.69, 9.17) is 3.07 Å². The van der Waals surface area contributed by atoms with Crippen molar-refractivity contribution in [1.29, 1.82) is 0 Å². The molecule has 0 aliphatic rings. The van der Waals surface area contributed by atoms with Crippen molar-refractivity contribution >= 4 is 23.0 Å². The van der Waals surface area contributed by atoms with Gasteiger partial charge in [0, 0.05) is 0 Å². The zero-order valence-electron chi connectivity index (χ0n) is 7.48. The van der Waals surface area contributed by atoms with Crippen LogP contribution in [0.1, 0.15) is 0 Å². The van der Waals surface area contributed by atoms with E-state index in [2.05, 4.69) is 24.3 Å². The summed E-state index contributed by atoms with van der Waals surface area (Å²) in [6, 6.07) is 18.3. The summed E-state index contributed by atoms with van der Waals surface area (Å²) < 4.78 is 5.08. The quantitative estimate of drug-likeness (QED) is 0.759. The van der Waals surface area contributed by atoms with Crippen molar-refractivity contribution in [3.8, 4) is 16.9 Å². The van der Waals surface area contributed by atoms with Crippen molar-refractivity contribution < 1.29 is 3.07 Å². The van der Waals surface area contributed by atoms with Crippen LogP contribution in [0.4, 0.5) is 0 Å². The summed E-state index contributed by atoms with van der Waals surface area (Å²) in [5.74, 6) is 0.880. The van der Waals surface area contributed by atoms with Crippen LogP contribution in [0, 0.1) is 0 Å². The van der Waals surface area contributed by atoms with Crippen molar-refractivity contribution in [3.05, 3.63) is 54.6 Å². The minimum Gasteiger partial charge on any atom is -0.428 e. The predicted molar refractivity (Wildman–Crippen MR) is 66.5 cm³/mol. The van der Waals surface area contributed by atoms with Crippen LogP contribution >= 0.6 is 23.0 Å². The lowest BCUT2D eigenvalue weighted by Crippen LogP contribution is -1.77. The molecule has 1 nitrogen and oxygen atoms in total. The van der Waals surface area contributed by atoms with Gasteiger partial charge in [0.25, 0.3) is 0 Å². The van der Waals surface area contributed by atoms with E-state index in [1.165, 1.54) is 11.1 Å². The topological polar surface area (TPSA) is 9.23 Å². The third kappa shape index (κ3) is 2.07. The van der Waals surface area contributed by atoms with Gasteiger partial charge >= 0.3 is 0 Å². The van der Waals surface area contributed by atoms with Crippen molar-refractivity contribution in [2.75, 3.05) is 0 Å². The summed E-state index contributed by atoms with van der Waals surface area (Å²) in [5, 5.41) is 0. The molecule has 0 bridgehead atoms. The molecule has 0 atom stereocenters. The minimum atomic E-state index is 0.880. The predicted octanol–water partition coefficient (Wildman–Crippen LogP) is 4.08. The van der Waals surface area contributed by atoms with Crippen LogP contribution in [0.25, 0.3) is 11.1 Å². The minimum absolute atomic E-state index is 0.880. The van der Waals surface area contributed by atoms with E-state index < -0.39 is 0 Å². The molecule has 0 saturated heterocycles. The van der Waals surface area contributed by atoms with Gasteiger partial charge in [0.05, 0.1) is 0 Å². The second kappa shape index (κ2) is 4.46. The first-order valence-electron chi connectivity index (χ1n) is 4.34. The Labute approximate surface area is 97.4 Å². The lowest BCUT2D eigenvalue weighted by atomic mass is 10.1. The van der Waals surface area contributed by atoms with Gasteiger partial charge in [-0.15, -0.1) is 0 Å². The molecular weight excluding hydrogens is 287 g/mol. The number of hydrogen-bond donors (Lipinski definition) is 0. The summed E-state index contributed by atoms with van der Waals surface area (Å²) >= 11 is 1.88. The fourth-order valence-corrected chi connectivity index (χ4v) is 1.62. The first-order chi connectivity index (χ1) is 6.90. The first kappa shape index (κ1) is 9.52. The van der Waals surface area contributed by atoms with Gasteiger partial charge in [-0.3, -0.25) is 0 Å². The Morgan fingerprint density at radius 3 is 1.86 bits per heavy atom. The summed E-state index contributed by atoms with van der Waals surface area (Å²) in [4.78, 5) is 0. The molecular formula is C12H9IO. The van der Waals surface area contributed by atoms with Gasteiger partial charge in [-0.25, -0.2) is 0 Å². The normalized spacial score (nSPS) is 9.79. The van der Waals surface area contributed by atoms with Gasteiger partial charge in [-0.2, -0.15) is 0 Å². The van der Waals surface area contributed by atoms with E-state index in [1.54, 1.807) is 0 Å². The molecule has 0 unspecified atom stereocenters. The molecule has 0 aliphatic heterocycles. The van der Waals surface area contributed by atoms with Crippen molar-refractivity contribution in [2.45, 2.75) is 0 Å². The molecule has 0 N–H and O–H groups in total. The highest BCUT2D eigenvalue weighted by atomic mass is 127. The highest BCUT2D eigenvalue weighted by Gasteiger charge is 1.96. The largest absolute Gasteiger partial charge is 0.428 e. The van der Waals surface area contributed by atoms with E-state index >= 15 is 0 Å². The molecule has 0 heterocycles. The summed E-state index contributed by atoms with van der Waals surface area (Å²) in [6.45, 7) is 0. The zero-order chi connectivity index (χ0) is 9.80. The Morgan fingerprint density at radius 1 is 0.714 bits per heavy atom. The lowest BCUT2D eigenvalue weighted by molar-refractivity contribution is 0.717. The van der Waals surface area contributed by atoms with Crippen LogP contribution in [0.15, 0.2) is 54.6 Å². The van der Waals surface area contributed by atoms with Crippen LogP contribution < -0.4 is 3.07 Å². The Hall–Kier alpha value is -1.03. The zero-order valence-corrected chi connectivity index (χ0v) is 9.64. The Balaban J connectivity index is 2.34. The van der Waals surface area contributed by atoms with E-state index in [0.717, 1.165) is 5.75 Å². The average molecular weight is 296 g/mol. The van der Waals surface area contributed by atoms with Gasteiger partial charge < -0.3 is 3.07 Å². The molecule has 2 rings (SSSR count). The maximum Gasteiger partial charge on any atom is 0.192 e. The van der Waals surface area contributed by atoms with Gasteiger partial charge in [0.1, 0.15) is 5.75 Å². The monoisotopic (exact) mass is 296 g/mol. The SMILES string of the molecule is IOc1ccc(-c2ccccc2)cc1. The molecule has 0 saturated carbocycles. The maximum absolute atomic E-state index is 5.08. The molecule has 2 aromatic carbocycles. The Bertz CT molecular complexity index is 394. The molecule has 0 aliphatic carbocycles. The van der Waals surface area contributed by atoms with Crippen molar-refractivity contribution in [3.63, 3.8) is 0 Å². The van der Waals surface area contributed by atoms with E-state index in [-0.39, 0.29) is 0 Å². The van der Waals surface area contributed by atoms with Gasteiger partial charge in [0.2, 0.25) is 0 Å². The highest BCUT2D eigenvalue weighted by molar-refractivity contribution is 14.1. The molecule has 0 radical (unpaired) electrons. The van der Waals surface area contributed by atoms with Crippen LogP contribution in [0.3, 0.4) is 0 Å². The fourth-order valence-electron chi connectivity index (χ4n) is 1.33.